The first-order chi connectivity index (χ1) is 24.6. The number of ether oxygens (including phenoxy) is 2. The van der Waals surface area contributed by atoms with Crippen LogP contribution in [-0.4, -0.2) is 36.4 Å². The van der Waals surface area contributed by atoms with Crippen LogP contribution in [0.4, 0.5) is 0 Å². The third-order valence-corrected chi connectivity index (χ3v) is 8.17. The van der Waals surface area contributed by atoms with Gasteiger partial charge in [0.15, 0.2) is 6.10 Å². The van der Waals surface area contributed by atoms with Crippen molar-refractivity contribution in [2.75, 3.05) is 13.2 Å². The van der Waals surface area contributed by atoms with Crippen LogP contribution in [0.2, 0.25) is 0 Å². The summed E-state index contributed by atoms with van der Waals surface area (Å²) in [5.41, 5.74) is 0. The molecule has 0 aliphatic heterocycles. The Bertz CT molecular complexity index is 968. The molecule has 0 fully saturated rings. The molecule has 0 rings (SSSR count). The lowest BCUT2D eigenvalue weighted by Crippen LogP contribution is -2.28. The summed E-state index contributed by atoms with van der Waals surface area (Å²) >= 11 is 0. The van der Waals surface area contributed by atoms with Crippen LogP contribution in [0.1, 0.15) is 168 Å². The average Bonchev–Trinajstić information content (AvgIpc) is 3.12. The molecule has 0 radical (unpaired) electrons. The van der Waals surface area contributed by atoms with Crippen molar-refractivity contribution in [2.45, 2.75) is 174 Å². The van der Waals surface area contributed by atoms with E-state index >= 15 is 0 Å². The van der Waals surface area contributed by atoms with Gasteiger partial charge >= 0.3 is 11.9 Å². The van der Waals surface area contributed by atoms with Gasteiger partial charge in [0, 0.05) is 12.8 Å². The minimum atomic E-state index is -0.802. The topological polar surface area (TPSA) is 72.8 Å². The average molecular weight is 695 g/mol. The number of hydrogen-bond acceptors (Lipinski definition) is 5. The molecule has 50 heavy (non-hydrogen) atoms. The predicted octanol–water partition coefficient (Wildman–Crippen LogP) is 12.7. The quantitative estimate of drug-likeness (QED) is 0.0406. The summed E-state index contributed by atoms with van der Waals surface area (Å²) in [6.07, 6.45) is 55.0. The number of rotatable bonds is 35. The summed E-state index contributed by atoms with van der Waals surface area (Å²) in [6.45, 7) is 3.96. The lowest BCUT2D eigenvalue weighted by molar-refractivity contribution is -0.161. The van der Waals surface area contributed by atoms with Crippen LogP contribution in [0.15, 0.2) is 85.1 Å². The van der Waals surface area contributed by atoms with Crippen LogP contribution < -0.4 is 0 Å². The van der Waals surface area contributed by atoms with Crippen LogP contribution in [-0.2, 0) is 19.1 Å². The fourth-order valence-corrected chi connectivity index (χ4v) is 5.14. The third-order valence-electron chi connectivity index (χ3n) is 8.17. The Hall–Kier alpha value is -2.92. The van der Waals surface area contributed by atoms with E-state index in [1.807, 2.05) is 0 Å². The zero-order valence-electron chi connectivity index (χ0n) is 32.1. The zero-order valence-corrected chi connectivity index (χ0v) is 32.1. The van der Waals surface area contributed by atoms with Crippen molar-refractivity contribution in [3.63, 3.8) is 0 Å². The SMILES string of the molecule is CC/C=C\C/C=C\C/C=C\C/C=C\C/C=C\C/C=C\CCCCC(=O)OC(CO)COC(=O)CCCCCCC/C=C\CCCCCCCC. The Morgan fingerprint density at radius 1 is 0.480 bits per heavy atom. The molecule has 0 aromatic rings. The first-order valence-electron chi connectivity index (χ1n) is 20.1. The van der Waals surface area contributed by atoms with Gasteiger partial charge in [-0.15, -0.1) is 0 Å². The number of esters is 2. The minimum absolute atomic E-state index is 0.0926. The van der Waals surface area contributed by atoms with E-state index in [0.717, 1.165) is 83.5 Å². The Morgan fingerprint density at radius 3 is 1.36 bits per heavy atom. The van der Waals surface area contributed by atoms with Crippen LogP contribution in [0.25, 0.3) is 0 Å². The molecule has 0 amide bonds. The number of hydrogen-bond donors (Lipinski definition) is 1. The molecule has 1 atom stereocenters. The third kappa shape index (κ3) is 37.9. The normalized spacial score (nSPS) is 13.1. The van der Waals surface area contributed by atoms with Gasteiger partial charge in [0.2, 0.25) is 0 Å². The summed E-state index contributed by atoms with van der Waals surface area (Å²) in [7, 11) is 0. The van der Waals surface area contributed by atoms with E-state index in [1.54, 1.807) is 0 Å². The Morgan fingerprint density at radius 2 is 0.860 bits per heavy atom. The van der Waals surface area contributed by atoms with Crippen LogP contribution in [0.5, 0.6) is 0 Å². The van der Waals surface area contributed by atoms with Gasteiger partial charge in [0.05, 0.1) is 6.61 Å². The maximum absolute atomic E-state index is 12.2. The first-order valence-corrected chi connectivity index (χ1v) is 20.1. The monoisotopic (exact) mass is 695 g/mol. The second-order valence-corrected chi connectivity index (χ2v) is 13.0. The predicted molar refractivity (Wildman–Crippen MR) is 214 cm³/mol. The molecule has 284 valence electrons. The van der Waals surface area contributed by atoms with Crippen molar-refractivity contribution in [1.29, 1.82) is 0 Å². The molecule has 1 unspecified atom stereocenters. The smallest absolute Gasteiger partial charge is 0.306 e. The van der Waals surface area contributed by atoms with E-state index in [0.29, 0.717) is 12.8 Å². The van der Waals surface area contributed by atoms with Gasteiger partial charge in [-0.1, -0.05) is 150 Å². The van der Waals surface area contributed by atoms with Gasteiger partial charge in [-0.05, 0) is 89.9 Å². The fourth-order valence-electron chi connectivity index (χ4n) is 5.14. The van der Waals surface area contributed by atoms with Crippen molar-refractivity contribution in [2.24, 2.45) is 0 Å². The first kappa shape index (κ1) is 47.1. The van der Waals surface area contributed by atoms with Crippen molar-refractivity contribution < 1.29 is 24.2 Å². The molecule has 0 saturated carbocycles. The minimum Gasteiger partial charge on any atom is -0.462 e. The lowest BCUT2D eigenvalue weighted by Gasteiger charge is -2.15. The number of aliphatic hydroxyl groups excluding tert-OH is 1. The standard InChI is InChI=1S/C45H74O5/c1-3-5-7-9-11-13-15-17-19-20-21-22-23-24-26-28-30-32-34-36-38-40-45(48)50-43(41-46)42-49-44(47)39-37-35-33-31-29-27-25-18-16-14-12-10-8-6-4-2/h5,7,11,13,17-19,21-22,24-26,30,32,43,46H,3-4,6,8-10,12,14-16,20,23,27-29,31,33-42H2,1-2H3/b7-5-,13-11-,19-17-,22-21-,25-18-,26-24-,32-30-. The van der Waals surface area contributed by atoms with E-state index in [4.69, 9.17) is 9.47 Å². The van der Waals surface area contributed by atoms with Gasteiger partial charge in [0.1, 0.15) is 6.61 Å². The molecular weight excluding hydrogens is 620 g/mol. The Kier molecular flexibility index (Phi) is 38.1. The van der Waals surface area contributed by atoms with E-state index < -0.39 is 6.10 Å². The molecule has 0 heterocycles. The summed E-state index contributed by atoms with van der Waals surface area (Å²) in [5, 5.41) is 9.55. The van der Waals surface area contributed by atoms with Crippen molar-refractivity contribution >= 4 is 11.9 Å². The number of allylic oxidation sites excluding steroid dienone is 14. The van der Waals surface area contributed by atoms with Crippen LogP contribution in [0.3, 0.4) is 0 Å². The highest BCUT2D eigenvalue weighted by atomic mass is 16.6. The number of unbranched alkanes of at least 4 members (excludes halogenated alkanes) is 13. The zero-order chi connectivity index (χ0) is 36.4. The van der Waals surface area contributed by atoms with Gasteiger partial charge in [-0.3, -0.25) is 9.59 Å². The molecule has 1 N–H and O–H groups in total. The molecule has 0 spiro atoms. The summed E-state index contributed by atoms with van der Waals surface area (Å²) < 4.78 is 10.6. The van der Waals surface area contributed by atoms with E-state index in [-0.39, 0.29) is 25.2 Å². The molecular formula is C45H74O5. The summed E-state index contributed by atoms with van der Waals surface area (Å²) in [5.74, 6) is -0.659. The molecule has 0 aliphatic carbocycles. The molecule has 0 aliphatic rings. The fraction of sp³-hybridized carbons (Fsp3) is 0.644. The maximum Gasteiger partial charge on any atom is 0.306 e. The molecule has 0 aromatic carbocycles. The molecule has 5 nitrogen and oxygen atoms in total. The van der Waals surface area contributed by atoms with Crippen molar-refractivity contribution in [1.82, 2.24) is 0 Å². The highest BCUT2D eigenvalue weighted by Crippen LogP contribution is 2.11. The molecule has 0 aromatic heterocycles. The Labute approximate surface area is 307 Å². The van der Waals surface area contributed by atoms with E-state index in [1.165, 1.54) is 57.8 Å². The second-order valence-electron chi connectivity index (χ2n) is 13.0. The molecule has 5 heteroatoms. The van der Waals surface area contributed by atoms with Gasteiger partial charge in [0.25, 0.3) is 0 Å². The molecule has 0 saturated heterocycles. The summed E-state index contributed by atoms with van der Waals surface area (Å²) in [6, 6.07) is 0. The number of carbonyl (C=O) groups excluding carboxylic acids is 2. The number of aliphatic hydroxyl groups is 1. The number of carbonyl (C=O) groups is 2. The van der Waals surface area contributed by atoms with Crippen LogP contribution in [0, 0.1) is 0 Å². The highest BCUT2D eigenvalue weighted by molar-refractivity contribution is 5.70. The van der Waals surface area contributed by atoms with Crippen molar-refractivity contribution in [3.05, 3.63) is 85.1 Å². The highest BCUT2D eigenvalue weighted by Gasteiger charge is 2.16. The molecule has 0 bridgehead atoms. The summed E-state index contributed by atoms with van der Waals surface area (Å²) in [4.78, 5) is 24.3. The Balaban J connectivity index is 3.70. The van der Waals surface area contributed by atoms with E-state index in [9.17, 15) is 14.7 Å². The van der Waals surface area contributed by atoms with Crippen molar-refractivity contribution in [3.8, 4) is 0 Å². The van der Waals surface area contributed by atoms with Gasteiger partial charge in [-0.25, -0.2) is 0 Å². The van der Waals surface area contributed by atoms with E-state index in [2.05, 4.69) is 98.9 Å². The van der Waals surface area contributed by atoms with Crippen LogP contribution >= 0.6 is 0 Å². The second kappa shape index (κ2) is 40.5. The maximum atomic E-state index is 12.2. The lowest BCUT2D eigenvalue weighted by atomic mass is 10.1. The van der Waals surface area contributed by atoms with Gasteiger partial charge in [-0.2, -0.15) is 0 Å². The largest absolute Gasteiger partial charge is 0.462 e. The van der Waals surface area contributed by atoms with Gasteiger partial charge < -0.3 is 14.6 Å².